The second-order valence-electron chi connectivity index (χ2n) is 8.39. The van der Waals surface area contributed by atoms with Gasteiger partial charge >= 0.3 is 0 Å². The van der Waals surface area contributed by atoms with Crippen LogP contribution < -0.4 is 4.74 Å². The van der Waals surface area contributed by atoms with Crippen molar-refractivity contribution in [2.75, 3.05) is 13.1 Å². The third-order valence-electron chi connectivity index (χ3n) is 6.50. The van der Waals surface area contributed by atoms with Crippen LogP contribution in [0, 0.1) is 12.8 Å². The van der Waals surface area contributed by atoms with E-state index < -0.39 is 5.60 Å². The maximum Gasteiger partial charge on any atom is 0.226 e. The van der Waals surface area contributed by atoms with Gasteiger partial charge in [-0.05, 0) is 31.9 Å². The number of fused-ring (bicyclic) bond motifs is 2. The molecule has 146 valence electrons. The number of amides is 1. The van der Waals surface area contributed by atoms with Crippen LogP contribution in [0.3, 0.4) is 0 Å². The Morgan fingerprint density at radius 3 is 2.89 bits per heavy atom. The zero-order valence-electron chi connectivity index (χ0n) is 16.2. The van der Waals surface area contributed by atoms with Gasteiger partial charge in [0.1, 0.15) is 17.2 Å². The Bertz CT molecular complexity index is 940. The predicted octanol–water partition coefficient (Wildman–Crippen LogP) is 2.85. The number of ether oxygens (including phenoxy) is 1. The number of nitrogens with zero attached hydrogens (tertiary/aromatic N) is 2. The van der Waals surface area contributed by atoms with Gasteiger partial charge in [0.15, 0.2) is 5.78 Å². The number of benzene rings is 1. The second-order valence-corrected chi connectivity index (χ2v) is 8.39. The molecule has 6 heteroatoms. The number of likely N-dealkylation sites (tertiary alicyclic amines) is 1. The molecule has 1 spiro atoms. The monoisotopic (exact) mass is 379 g/mol. The highest BCUT2D eigenvalue weighted by Crippen LogP contribution is 2.39. The normalized spacial score (nSPS) is 23.1. The largest absolute Gasteiger partial charge is 0.486 e. The quantitative estimate of drug-likeness (QED) is 0.827. The average molecular weight is 379 g/mol. The van der Waals surface area contributed by atoms with Crippen molar-refractivity contribution in [2.24, 2.45) is 5.92 Å². The number of nitrogens with one attached hydrogen (secondary N) is 1. The molecule has 1 unspecified atom stereocenters. The zero-order valence-corrected chi connectivity index (χ0v) is 16.2. The fourth-order valence-electron chi connectivity index (χ4n) is 4.95. The number of Topliss-reactive ketones (excluding diaryl/α,β-unsaturated/α-hetero) is 1. The van der Waals surface area contributed by atoms with Crippen LogP contribution in [-0.2, 0) is 17.6 Å². The number of H-pyrrole nitrogens is 1. The predicted molar refractivity (Wildman–Crippen MR) is 103 cm³/mol. The van der Waals surface area contributed by atoms with Crippen LogP contribution in [0.2, 0.25) is 0 Å². The van der Waals surface area contributed by atoms with Crippen molar-refractivity contribution in [3.63, 3.8) is 0 Å². The molecule has 1 atom stereocenters. The number of aromatic nitrogens is 2. The van der Waals surface area contributed by atoms with Crippen LogP contribution >= 0.6 is 0 Å². The van der Waals surface area contributed by atoms with Crippen molar-refractivity contribution in [2.45, 2.75) is 51.0 Å². The minimum atomic E-state index is -0.456. The molecule has 0 radical (unpaired) electrons. The molecule has 0 saturated carbocycles. The molecule has 6 nitrogen and oxygen atoms in total. The molecule has 1 amide bonds. The summed E-state index contributed by atoms with van der Waals surface area (Å²) in [5.41, 5.74) is 2.46. The highest BCUT2D eigenvalue weighted by molar-refractivity contribution is 6.00. The summed E-state index contributed by atoms with van der Waals surface area (Å²) >= 11 is 0. The van der Waals surface area contributed by atoms with Gasteiger partial charge in [0.05, 0.1) is 17.7 Å². The lowest BCUT2D eigenvalue weighted by atomic mass is 9.81. The molecule has 3 aliphatic rings. The van der Waals surface area contributed by atoms with Crippen molar-refractivity contribution >= 4 is 11.7 Å². The lowest BCUT2D eigenvalue weighted by Gasteiger charge is -2.44. The topological polar surface area (TPSA) is 75.3 Å². The first-order valence-corrected chi connectivity index (χ1v) is 10.2. The minimum absolute atomic E-state index is 0.0241. The number of carbonyl (C=O) groups is 2. The molecule has 2 aromatic rings. The van der Waals surface area contributed by atoms with E-state index in [0.717, 1.165) is 36.5 Å². The van der Waals surface area contributed by atoms with Gasteiger partial charge in [-0.2, -0.15) is 0 Å². The van der Waals surface area contributed by atoms with Gasteiger partial charge < -0.3 is 14.6 Å². The number of rotatable bonds is 1. The molecule has 28 heavy (non-hydrogen) atoms. The number of ketones is 1. The molecule has 1 fully saturated rings. The summed E-state index contributed by atoms with van der Waals surface area (Å²) in [6, 6.07) is 7.48. The maximum absolute atomic E-state index is 13.1. The Morgan fingerprint density at radius 2 is 2.07 bits per heavy atom. The summed E-state index contributed by atoms with van der Waals surface area (Å²) in [6.45, 7) is 3.27. The Kier molecular flexibility index (Phi) is 4.03. The van der Waals surface area contributed by atoms with Gasteiger partial charge in [0, 0.05) is 44.0 Å². The molecule has 1 N–H and O–H groups in total. The number of aryl methyl sites for hydroxylation is 2. The molecular weight excluding hydrogens is 354 g/mol. The lowest BCUT2D eigenvalue weighted by Crippen LogP contribution is -2.53. The summed E-state index contributed by atoms with van der Waals surface area (Å²) in [6.07, 6.45) is 4.30. The van der Waals surface area contributed by atoms with E-state index in [1.165, 1.54) is 0 Å². The molecule has 3 heterocycles. The van der Waals surface area contributed by atoms with E-state index in [-0.39, 0.29) is 17.6 Å². The molecule has 1 aromatic carbocycles. The molecule has 2 aliphatic heterocycles. The number of aromatic amines is 1. The van der Waals surface area contributed by atoms with Crippen LogP contribution in [0.5, 0.6) is 5.75 Å². The molecule has 5 rings (SSSR count). The smallest absolute Gasteiger partial charge is 0.226 e. The van der Waals surface area contributed by atoms with Crippen molar-refractivity contribution < 1.29 is 14.3 Å². The van der Waals surface area contributed by atoms with Crippen LogP contribution in [0.25, 0.3) is 0 Å². The first-order chi connectivity index (χ1) is 13.5. The summed E-state index contributed by atoms with van der Waals surface area (Å²) in [5, 5.41) is 0. The van der Waals surface area contributed by atoms with E-state index in [0.29, 0.717) is 43.7 Å². The highest BCUT2D eigenvalue weighted by atomic mass is 16.5. The zero-order chi connectivity index (χ0) is 19.3. The average Bonchev–Trinajstić information content (AvgIpc) is 3.07. The number of hydrogen-bond acceptors (Lipinski definition) is 4. The molecule has 1 aliphatic carbocycles. The number of piperidine rings is 1. The van der Waals surface area contributed by atoms with Gasteiger partial charge in [-0.25, -0.2) is 4.98 Å². The van der Waals surface area contributed by atoms with E-state index in [4.69, 9.17) is 4.74 Å². The third-order valence-corrected chi connectivity index (χ3v) is 6.50. The summed E-state index contributed by atoms with van der Waals surface area (Å²) < 4.78 is 6.28. The number of para-hydroxylation sites is 1. The fourth-order valence-corrected chi connectivity index (χ4v) is 4.95. The van der Waals surface area contributed by atoms with Crippen molar-refractivity contribution in [3.05, 3.63) is 47.0 Å². The fraction of sp³-hybridized carbons (Fsp3) is 0.500. The molecule has 1 saturated heterocycles. The maximum atomic E-state index is 13.1. The first-order valence-electron chi connectivity index (χ1n) is 10.2. The summed E-state index contributed by atoms with van der Waals surface area (Å²) in [7, 11) is 0. The van der Waals surface area contributed by atoms with Crippen molar-refractivity contribution in [1.29, 1.82) is 0 Å². The van der Waals surface area contributed by atoms with Crippen LogP contribution in [0.4, 0.5) is 0 Å². The van der Waals surface area contributed by atoms with Crippen molar-refractivity contribution in [1.82, 2.24) is 14.9 Å². The van der Waals surface area contributed by atoms with Gasteiger partial charge in [-0.3, -0.25) is 9.59 Å². The van der Waals surface area contributed by atoms with Gasteiger partial charge in [0.2, 0.25) is 5.91 Å². The molecule has 1 aromatic heterocycles. The number of imidazole rings is 1. The second kappa shape index (κ2) is 6.47. The Hall–Kier alpha value is -2.63. The van der Waals surface area contributed by atoms with E-state index in [9.17, 15) is 9.59 Å². The lowest BCUT2D eigenvalue weighted by molar-refractivity contribution is -0.139. The minimum Gasteiger partial charge on any atom is -0.486 e. The Balaban J connectivity index is 1.25. The molecular formula is C22H25N3O3. The SMILES string of the molecule is Cc1nc2c([nH]1)CC(C(=O)N1CCC3(CC1)CC(=O)c1ccccc1O3)CC2. The van der Waals surface area contributed by atoms with Gasteiger partial charge in [0.25, 0.3) is 0 Å². The standard InChI is InChI=1S/C22H25N3O3/c1-14-23-17-7-6-15(12-18(17)24-14)21(27)25-10-8-22(9-11-25)13-19(26)16-4-2-3-5-20(16)28-22/h2-5,15H,6-13H2,1H3,(H,23,24). The van der Waals surface area contributed by atoms with Gasteiger partial charge in [-0.15, -0.1) is 0 Å². The van der Waals surface area contributed by atoms with E-state index >= 15 is 0 Å². The van der Waals surface area contributed by atoms with Crippen LogP contribution in [0.15, 0.2) is 24.3 Å². The van der Waals surface area contributed by atoms with Gasteiger partial charge in [-0.1, -0.05) is 12.1 Å². The third kappa shape index (κ3) is 2.91. The van der Waals surface area contributed by atoms with Crippen LogP contribution in [0.1, 0.15) is 53.3 Å². The van der Waals surface area contributed by atoms with Crippen LogP contribution in [-0.4, -0.2) is 45.2 Å². The summed E-state index contributed by atoms with van der Waals surface area (Å²) in [4.78, 5) is 35.4. The molecule has 0 bridgehead atoms. The number of hydrogen-bond donors (Lipinski definition) is 1. The van der Waals surface area contributed by atoms with E-state index in [1.807, 2.05) is 36.1 Å². The van der Waals surface area contributed by atoms with E-state index in [2.05, 4.69) is 9.97 Å². The van der Waals surface area contributed by atoms with E-state index in [1.54, 1.807) is 0 Å². The first kappa shape index (κ1) is 17.5. The Labute approximate surface area is 164 Å². The highest BCUT2D eigenvalue weighted by Gasteiger charge is 2.44. The Morgan fingerprint density at radius 1 is 1.29 bits per heavy atom. The number of carbonyl (C=O) groups excluding carboxylic acids is 2. The van der Waals surface area contributed by atoms with Crippen molar-refractivity contribution in [3.8, 4) is 5.75 Å². The summed E-state index contributed by atoms with van der Waals surface area (Å²) in [5.74, 6) is 2.02.